The summed E-state index contributed by atoms with van der Waals surface area (Å²) in [7, 11) is -3.67. The molecular formula is C36H65NO2Si2. The Bertz CT molecular complexity index is 1040. The predicted octanol–water partition coefficient (Wildman–Crippen LogP) is 10.5. The summed E-state index contributed by atoms with van der Waals surface area (Å²) >= 11 is 0. The van der Waals surface area contributed by atoms with Crippen molar-refractivity contribution in [3.05, 3.63) is 29.3 Å². The quantitative estimate of drug-likeness (QED) is 0.215. The van der Waals surface area contributed by atoms with Crippen LogP contribution in [0.25, 0.3) is 0 Å². The lowest BCUT2D eigenvalue weighted by atomic mass is 9.52. The molecule has 0 bridgehead atoms. The maximum absolute atomic E-state index is 7.25. The van der Waals surface area contributed by atoms with Crippen molar-refractivity contribution in [2.45, 2.75) is 161 Å². The Morgan fingerprint density at radius 2 is 1.54 bits per heavy atom. The fourth-order valence-corrected chi connectivity index (χ4v) is 10.6. The number of nitrogens with two attached hydrogens (primary N) is 1. The molecule has 5 heteroatoms. The van der Waals surface area contributed by atoms with Crippen LogP contribution in [0.2, 0.25) is 36.3 Å². The fraction of sp³-hybridized carbons (Fsp3) is 0.833. The lowest BCUT2D eigenvalue weighted by Crippen LogP contribution is -2.51. The van der Waals surface area contributed by atoms with E-state index in [0.717, 1.165) is 30.0 Å². The average molecular weight is 600 g/mol. The number of rotatable bonds is 10. The van der Waals surface area contributed by atoms with Gasteiger partial charge in [-0.3, -0.25) is 0 Å². The molecule has 41 heavy (non-hydrogen) atoms. The minimum atomic E-state index is -1.87. The summed E-state index contributed by atoms with van der Waals surface area (Å²) in [5.41, 5.74) is 9.37. The molecule has 234 valence electrons. The molecule has 0 radical (unpaired) electrons. The molecule has 4 rings (SSSR count). The zero-order valence-corrected chi connectivity index (χ0v) is 30.8. The van der Waals surface area contributed by atoms with Crippen molar-refractivity contribution in [1.82, 2.24) is 0 Å². The van der Waals surface area contributed by atoms with Gasteiger partial charge in [-0.15, -0.1) is 0 Å². The minimum absolute atomic E-state index is 0.208. The molecule has 0 heterocycles. The van der Waals surface area contributed by atoms with E-state index in [1.54, 1.807) is 11.1 Å². The highest BCUT2D eigenvalue weighted by molar-refractivity contribution is 6.75. The highest BCUT2D eigenvalue weighted by Gasteiger charge is 2.58. The van der Waals surface area contributed by atoms with Crippen molar-refractivity contribution >= 4 is 16.6 Å². The van der Waals surface area contributed by atoms with Gasteiger partial charge in [0.15, 0.2) is 8.32 Å². The van der Waals surface area contributed by atoms with Crippen molar-refractivity contribution in [1.29, 1.82) is 0 Å². The summed E-state index contributed by atoms with van der Waals surface area (Å²) in [5.74, 6) is 4.14. The Morgan fingerprint density at radius 3 is 2.17 bits per heavy atom. The van der Waals surface area contributed by atoms with Crippen molar-refractivity contribution in [2.75, 3.05) is 6.54 Å². The van der Waals surface area contributed by atoms with E-state index < -0.39 is 16.6 Å². The summed E-state index contributed by atoms with van der Waals surface area (Å²) < 4.78 is 14.1. The Labute approximate surface area is 256 Å². The van der Waals surface area contributed by atoms with Gasteiger partial charge in [0.25, 0.3) is 0 Å². The number of hydrogen-bond acceptors (Lipinski definition) is 3. The molecule has 1 aromatic rings. The predicted molar refractivity (Wildman–Crippen MR) is 182 cm³/mol. The third-order valence-corrected chi connectivity index (χ3v) is 21.6. The van der Waals surface area contributed by atoms with Gasteiger partial charge in [-0.25, -0.2) is 0 Å². The molecule has 0 amide bonds. The van der Waals surface area contributed by atoms with Crippen molar-refractivity contribution in [3.63, 3.8) is 0 Å². The smallest absolute Gasteiger partial charge is 0.250 e. The Balaban J connectivity index is 1.62. The van der Waals surface area contributed by atoms with Gasteiger partial charge >= 0.3 is 0 Å². The maximum atomic E-state index is 7.25. The normalized spacial score (nSPS) is 30.5. The summed E-state index contributed by atoms with van der Waals surface area (Å²) in [6, 6.07) is 7.25. The first-order chi connectivity index (χ1) is 18.9. The molecule has 3 nitrogen and oxygen atoms in total. The summed E-state index contributed by atoms with van der Waals surface area (Å²) in [6.45, 7) is 27.3. The molecule has 2 N–H and O–H groups in total. The van der Waals surface area contributed by atoms with Crippen LogP contribution in [-0.2, 0) is 10.8 Å². The molecule has 2 fully saturated rings. The van der Waals surface area contributed by atoms with Crippen molar-refractivity contribution in [3.8, 4) is 5.75 Å². The fourth-order valence-electron chi connectivity index (χ4n) is 8.14. The summed E-state index contributed by atoms with van der Waals surface area (Å²) in [6.07, 6.45) is 13.4. The lowest BCUT2D eigenvalue weighted by Gasteiger charge is -2.54. The molecule has 3 aliphatic carbocycles. The number of hydrogen-bond donors (Lipinski definition) is 1. The second-order valence-corrected chi connectivity index (χ2v) is 26.9. The van der Waals surface area contributed by atoms with Gasteiger partial charge in [-0.05, 0) is 140 Å². The summed E-state index contributed by atoms with van der Waals surface area (Å²) in [5, 5.41) is 0.470. The molecule has 0 saturated heterocycles. The Morgan fingerprint density at radius 1 is 0.878 bits per heavy atom. The monoisotopic (exact) mass is 599 g/mol. The van der Waals surface area contributed by atoms with Crippen LogP contribution in [0.3, 0.4) is 0 Å². The highest BCUT2D eigenvalue weighted by Crippen LogP contribution is 2.64. The Kier molecular flexibility index (Phi) is 9.78. The number of unbranched alkanes of at least 4 members (excludes halogenated alkanes) is 3. The van der Waals surface area contributed by atoms with Crippen LogP contribution in [0.1, 0.15) is 123 Å². The van der Waals surface area contributed by atoms with E-state index in [0.29, 0.717) is 17.4 Å². The standard InChI is InChI=1S/C36H65NO2Si2/c1-34(2,3)40(8,9)38-28-17-18-29-27(25-28)24-26(16-14-12-13-15-23-37)33-30(29)21-22-36(7)31(33)19-20-32(36)39-41(10,11)35(4,5)6/h17-18,25-26,30-33H,12-16,19-24,37H2,1-11H3/t26-,30-,31+,32+,33-,36+/m1/s1. The van der Waals surface area contributed by atoms with Gasteiger partial charge in [0, 0.05) is 0 Å². The van der Waals surface area contributed by atoms with Gasteiger partial charge in [0.2, 0.25) is 8.32 Å². The van der Waals surface area contributed by atoms with E-state index in [1.165, 1.54) is 64.2 Å². The van der Waals surface area contributed by atoms with Crippen LogP contribution in [0.5, 0.6) is 5.75 Å². The van der Waals surface area contributed by atoms with Crippen LogP contribution >= 0.6 is 0 Å². The van der Waals surface area contributed by atoms with E-state index in [-0.39, 0.29) is 10.1 Å². The Hall–Kier alpha value is -0.626. The molecule has 0 aromatic heterocycles. The van der Waals surface area contributed by atoms with Crippen LogP contribution in [0, 0.1) is 23.2 Å². The zero-order valence-electron chi connectivity index (χ0n) is 28.8. The average Bonchev–Trinajstić information content (AvgIpc) is 3.17. The van der Waals surface area contributed by atoms with Crippen LogP contribution < -0.4 is 10.2 Å². The van der Waals surface area contributed by atoms with Gasteiger partial charge < -0.3 is 14.6 Å². The van der Waals surface area contributed by atoms with Gasteiger partial charge in [-0.2, -0.15) is 0 Å². The molecule has 6 atom stereocenters. The van der Waals surface area contributed by atoms with Gasteiger partial charge in [-0.1, -0.05) is 73.8 Å². The second kappa shape index (κ2) is 12.0. The molecule has 3 aliphatic rings. The van der Waals surface area contributed by atoms with Crippen LogP contribution in [-0.4, -0.2) is 29.3 Å². The third kappa shape index (κ3) is 6.73. The molecule has 0 unspecified atom stereocenters. The van der Waals surface area contributed by atoms with E-state index in [4.69, 9.17) is 14.6 Å². The molecule has 1 aromatic carbocycles. The molecule has 0 spiro atoms. The first kappa shape index (κ1) is 33.3. The van der Waals surface area contributed by atoms with E-state index >= 15 is 0 Å². The molecular weight excluding hydrogens is 535 g/mol. The molecule has 0 aliphatic heterocycles. The lowest BCUT2D eigenvalue weighted by molar-refractivity contribution is -0.0344. The largest absolute Gasteiger partial charge is 0.543 e. The summed E-state index contributed by atoms with van der Waals surface area (Å²) in [4.78, 5) is 0. The van der Waals surface area contributed by atoms with Crippen molar-refractivity contribution < 1.29 is 8.85 Å². The zero-order chi connectivity index (χ0) is 30.4. The van der Waals surface area contributed by atoms with Crippen LogP contribution in [0.4, 0.5) is 0 Å². The van der Waals surface area contributed by atoms with E-state index in [1.807, 2.05) is 0 Å². The number of benzene rings is 1. The van der Waals surface area contributed by atoms with E-state index in [9.17, 15) is 0 Å². The second-order valence-electron chi connectivity index (χ2n) is 17.5. The van der Waals surface area contributed by atoms with Gasteiger partial charge in [0.1, 0.15) is 5.75 Å². The van der Waals surface area contributed by atoms with Gasteiger partial charge in [0.05, 0.1) is 6.10 Å². The molecule has 2 saturated carbocycles. The topological polar surface area (TPSA) is 44.5 Å². The third-order valence-electron chi connectivity index (χ3n) is 12.7. The van der Waals surface area contributed by atoms with Crippen LogP contribution in [0.15, 0.2) is 18.2 Å². The van der Waals surface area contributed by atoms with E-state index in [2.05, 4.69) is 92.9 Å². The first-order valence-electron chi connectivity index (χ1n) is 17.1. The first-order valence-corrected chi connectivity index (χ1v) is 22.9. The van der Waals surface area contributed by atoms with Crippen molar-refractivity contribution in [2.24, 2.45) is 28.9 Å². The number of fused-ring (bicyclic) bond motifs is 5. The minimum Gasteiger partial charge on any atom is -0.543 e. The maximum Gasteiger partial charge on any atom is 0.250 e. The highest BCUT2D eigenvalue weighted by atomic mass is 28.4. The SMILES string of the molecule is CC(C)(C)[Si](C)(C)Oc1ccc2c(c1)C[C@@H](CCCCCCN)[C@@H]1[C@@H]2CC[C@]2(C)[C@@H](O[Si](C)(C)C(C)(C)C)CC[C@@H]12.